The molecule has 0 saturated heterocycles. The van der Waals surface area contributed by atoms with Gasteiger partial charge in [-0.15, -0.1) is 0 Å². The standard InChI is InChI=1S/C15H10BrClO3/c16-12-3-1-2-11(7-12)14(19)9-20-15-5-4-10(8-18)6-13(15)17/h1-8H,9H2. The highest BCUT2D eigenvalue weighted by molar-refractivity contribution is 9.10. The molecule has 0 aliphatic carbocycles. The number of aldehydes is 1. The highest BCUT2D eigenvalue weighted by atomic mass is 79.9. The van der Waals surface area contributed by atoms with Gasteiger partial charge in [0.1, 0.15) is 12.0 Å². The fraction of sp³-hybridized carbons (Fsp3) is 0.0667. The molecule has 2 rings (SSSR count). The van der Waals surface area contributed by atoms with Crippen LogP contribution in [0.15, 0.2) is 46.9 Å². The van der Waals surface area contributed by atoms with Gasteiger partial charge in [0.2, 0.25) is 0 Å². The molecule has 0 amide bonds. The fourth-order valence-corrected chi connectivity index (χ4v) is 2.24. The predicted octanol–water partition coefficient (Wildman–Crippen LogP) is 4.18. The second kappa shape index (κ2) is 6.68. The van der Waals surface area contributed by atoms with E-state index in [0.717, 1.165) is 4.47 Å². The lowest BCUT2D eigenvalue weighted by Crippen LogP contribution is -2.11. The Balaban J connectivity index is 2.05. The average Bonchev–Trinajstić information content (AvgIpc) is 2.45. The zero-order chi connectivity index (χ0) is 14.5. The van der Waals surface area contributed by atoms with Crippen LogP contribution < -0.4 is 4.74 Å². The summed E-state index contributed by atoms with van der Waals surface area (Å²) in [5, 5.41) is 0.302. The van der Waals surface area contributed by atoms with Crippen molar-refractivity contribution in [1.29, 1.82) is 0 Å². The van der Waals surface area contributed by atoms with E-state index in [4.69, 9.17) is 16.3 Å². The normalized spacial score (nSPS) is 10.1. The van der Waals surface area contributed by atoms with Gasteiger partial charge in [0.15, 0.2) is 12.4 Å². The third-order valence-corrected chi connectivity index (χ3v) is 3.39. The van der Waals surface area contributed by atoms with Crippen LogP contribution in [0.2, 0.25) is 5.02 Å². The number of ether oxygens (including phenoxy) is 1. The summed E-state index contributed by atoms with van der Waals surface area (Å²) in [6, 6.07) is 11.7. The van der Waals surface area contributed by atoms with E-state index in [-0.39, 0.29) is 12.4 Å². The third kappa shape index (κ3) is 3.68. The average molecular weight is 354 g/mol. The number of Topliss-reactive ketones (excluding diaryl/α,β-unsaturated/α-hetero) is 1. The molecule has 0 atom stereocenters. The molecule has 0 aliphatic rings. The van der Waals surface area contributed by atoms with Crippen molar-refractivity contribution in [2.75, 3.05) is 6.61 Å². The Labute approximate surface area is 129 Å². The lowest BCUT2D eigenvalue weighted by Gasteiger charge is -2.08. The van der Waals surface area contributed by atoms with Crippen LogP contribution in [0.1, 0.15) is 20.7 Å². The number of benzene rings is 2. The molecule has 0 bridgehead atoms. The molecular weight excluding hydrogens is 344 g/mol. The fourth-order valence-electron chi connectivity index (χ4n) is 1.60. The lowest BCUT2D eigenvalue weighted by atomic mass is 10.1. The second-order valence-corrected chi connectivity index (χ2v) is 5.35. The first-order chi connectivity index (χ1) is 9.60. The van der Waals surface area contributed by atoms with E-state index < -0.39 is 0 Å². The number of carbonyl (C=O) groups is 2. The molecule has 0 fully saturated rings. The van der Waals surface area contributed by atoms with Crippen molar-refractivity contribution < 1.29 is 14.3 Å². The maximum Gasteiger partial charge on any atom is 0.200 e. The SMILES string of the molecule is O=Cc1ccc(OCC(=O)c2cccc(Br)c2)c(Cl)c1. The summed E-state index contributed by atoms with van der Waals surface area (Å²) in [6.45, 7) is -0.114. The topological polar surface area (TPSA) is 43.4 Å². The number of carbonyl (C=O) groups excluding carboxylic acids is 2. The van der Waals surface area contributed by atoms with Crippen molar-refractivity contribution in [1.82, 2.24) is 0 Å². The van der Waals surface area contributed by atoms with E-state index in [1.165, 1.54) is 6.07 Å². The van der Waals surface area contributed by atoms with Crippen LogP contribution >= 0.6 is 27.5 Å². The molecule has 20 heavy (non-hydrogen) atoms. The third-order valence-electron chi connectivity index (χ3n) is 2.60. The second-order valence-electron chi connectivity index (χ2n) is 4.03. The summed E-state index contributed by atoms with van der Waals surface area (Å²) < 4.78 is 6.21. The number of halogens is 2. The van der Waals surface area contributed by atoms with Gasteiger partial charge in [-0.1, -0.05) is 39.7 Å². The van der Waals surface area contributed by atoms with E-state index >= 15 is 0 Å². The molecule has 3 nitrogen and oxygen atoms in total. The first-order valence-corrected chi connectivity index (χ1v) is 6.93. The maximum atomic E-state index is 12.0. The molecule has 0 radical (unpaired) electrons. The zero-order valence-corrected chi connectivity index (χ0v) is 12.6. The Morgan fingerprint density at radius 2 is 2.05 bits per heavy atom. The minimum atomic E-state index is -0.151. The molecule has 0 spiro atoms. The zero-order valence-electron chi connectivity index (χ0n) is 10.3. The van der Waals surface area contributed by atoms with Crippen molar-refractivity contribution in [3.63, 3.8) is 0 Å². The van der Waals surface area contributed by atoms with Gasteiger partial charge >= 0.3 is 0 Å². The molecule has 0 saturated carbocycles. The maximum absolute atomic E-state index is 12.0. The van der Waals surface area contributed by atoms with Crippen LogP contribution in [0.4, 0.5) is 0 Å². The molecule has 0 heterocycles. The Morgan fingerprint density at radius 3 is 2.70 bits per heavy atom. The van der Waals surface area contributed by atoms with Gasteiger partial charge in [0, 0.05) is 15.6 Å². The predicted molar refractivity (Wildman–Crippen MR) is 80.8 cm³/mol. The lowest BCUT2D eigenvalue weighted by molar-refractivity contribution is 0.0921. The highest BCUT2D eigenvalue weighted by Gasteiger charge is 2.09. The van der Waals surface area contributed by atoms with E-state index in [0.29, 0.717) is 28.2 Å². The van der Waals surface area contributed by atoms with E-state index in [1.54, 1.807) is 30.3 Å². The van der Waals surface area contributed by atoms with Gasteiger partial charge < -0.3 is 4.74 Å². The van der Waals surface area contributed by atoms with Crippen LogP contribution in [0.5, 0.6) is 5.75 Å². The summed E-state index contributed by atoms with van der Waals surface area (Å²) in [4.78, 5) is 22.6. The molecule has 2 aromatic rings. The molecule has 0 N–H and O–H groups in total. The van der Waals surface area contributed by atoms with E-state index in [1.807, 2.05) is 6.07 Å². The summed E-state index contributed by atoms with van der Waals surface area (Å²) in [7, 11) is 0. The van der Waals surface area contributed by atoms with Crippen LogP contribution in [-0.4, -0.2) is 18.7 Å². The minimum absolute atomic E-state index is 0.114. The minimum Gasteiger partial charge on any atom is -0.484 e. The van der Waals surface area contributed by atoms with E-state index in [9.17, 15) is 9.59 Å². The van der Waals surface area contributed by atoms with Gasteiger partial charge in [-0.3, -0.25) is 9.59 Å². The first kappa shape index (κ1) is 14.8. The van der Waals surface area contributed by atoms with Gasteiger partial charge in [0.05, 0.1) is 5.02 Å². The molecule has 2 aromatic carbocycles. The number of rotatable bonds is 5. The van der Waals surface area contributed by atoms with Gasteiger partial charge in [-0.05, 0) is 30.3 Å². The Hall–Kier alpha value is -1.65. The van der Waals surface area contributed by atoms with Gasteiger partial charge in [-0.2, -0.15) is 0 Å². The molecule has 102 valence electrons. The molecule has 0 aromatic heterocycles. The Bertz CT molecular complexity index is 655. The number of ketones is 1. The van der Waals surface area contributed by atoms with Crippen LogP contribution in [-0.2, 0) is 0 Å². The number of hydrogen-bond donors (Lipinski definition) is 0. The highest BCUT2D eigenvalue weighted by Crippen LogP contribution is 2.25. The number of hydrogen-bond acceptors (Lipinski definition) is 3. The molecular formula is C15H10BrClO3. The monoisotopic (exact) mass is 352 g/mol. The van der Waals surface area contributed by atoms with Gasteiger partial charge in [0.25, 0.3) is 0 Å². The van der Waals surface area contributed by atoms with Crippen molar-refractivity contribution in [3.05, 3.63) is 63.1 Å². The van der Waals surface area contributed by atoms with Crippen molar-refractivity contribution in [3.8, 4) is 5.75 Å². The van der Waals surface area contributed by atoms with Crippen LogP contribution in [0.3, 0.4) is 0 Å². The van der Waals surface area contributed by atoms with Crippen LogP contribution in [0.25, 0.3) is 0 Å². The molecule has 5 heteroatoms. The van der Waals surface area contributed by atoms with Crippen molar-refractivity contribution >= 4 is 39.6 Å². The summed E-state index contributed by atoms with van der Waals surface area (Å²) in [5.74, 6) is 0.224. The van der Waals surface area contributed by atoms with Crippen LogP contribution in [0, 0.1) is 0 Å². The largest absolute Gasteiger partial charge is 0.484 e. The van der Waals surface area contributed by atoms with Crippen molar-refractivity contribution in [2.45, 2.75) is 0 Å². The summed E-state index contributed by atoms with van der Waals surface area (Å²) in [6.07, 6.45) is 0.697. The summed E-state index contributed by atoms with van der Waals surface area (Å²) in [5.41, 5.74) is 1.01. The Morgan fingerprint density at radius 1 is 1.25 bits per heavy atom. The van der Waals surface area contributed by atoms with Crippen molar-refractivity contribution in [2.24, 2.45) is 0 Å². The molecule has 0 unspecified atom stereocenters. The summed E-state index contributed by atoms with van der Waals surface area (Å²) >= 11 is 9.27. The Kier molecular flexibility index (Phi) is 4.93. The smallest absolute Gasteiger partial charge is 0.200 e. The quantitative estimate of drug-likeness (QED) is 0.598. The first-order valence-electron chi connectivity index (χ1n) is 5.76. The van der Waals surface area contributed by atoms with E-state index in [2.05, 4.69) is 15.9 Å². The van der Waals surface area contributed by atoms with Gasteiger partial charge in [-0.25, -0.2) is 0 Å². The molecule has 0 aliphatic heterocycles.